The van der Waals surface area contributed by atoms with Crippen LogP contribution in [0.5, 0.6) is 0 Å². The second-order valence-electron chi connectivity index (χ2n) is 6.21. The van der Waals surface area contributed by atoms with Crippen LogP contribution in [0.2, 0.25) is 0 Å². The second kappa shape index (κ2) is 6.22. The Morgan fingerprint density at radius 1 is 1.33 bits per heavy atom. The standard InChI is InChI=1S/C17H19F3N2O2/c1-10-11(2)24-16(21-10)9-22-8-14(23)7-15(22)12-4-3-5-13(6-12)17(18,19)20/h3-6,14-15,23H,7-9H2,1-2H3/t14-,15-/m1/s1. The van der Waals surface area contributed by atoms with Gasteiger partial charge in [-0.3, -0.25) is 4.90 Å². The maximum atomic E-state index is 12.9. The molecule has 0 bridgehead atoms. The molecular formula is C17H19F3N2O2. The molecular weight excluding hydrogens is 321 g/mol. The fraction of sp³-hybridized carbons (Fsp3) is 0.471. The van der Waals surface area contributed by atoms with E-state index in [9.17, 15) is 18.3 Å². The fourth-order valence-corrected chi connectivity index (χ4v) is 3.10. The number of β-amino-alcohol motifs (C(OH)–C–C–N with tert-alkyl or cyclic N) is 1. The maximum absolute atomic E-state index is 12.9. The molecule has 2 aromatic rings. The number of aliphatic hydroxyl groups excluding tert-OH is 1. The SMILES string of the molecule is Cc1nc(CN2C[C@H](O)C[C@@H]2c2cccc(C(F)(F)F)c2)oc1C. The Morgan fingerprint density at radius 3 is 2.71 bits per heavy atom. The minimum Gasteiger partial charge on any atom is -0.444 e. The van der Waals surface area contributed by atoms with E-state index in [0.717, 1.165) is 23.6 Å². The van der Waals surface area contributed by atoms with Gasteiger partial charge in [-0.25, -0.2) is 4.98 Å². The van der Waals surface area contributed by atoms with Gasteiger partial charge in [-0.15, -0.1) is 0 Å². The van der Waals surface area contributed by atoms with Gasteiger partial charge < -0.3 is 9.52 Å². The lowest BCUT2D eigenvalue weighted by molar-refractivity contribution is -0.137. The number of benzene rings is 1. The number of rotatable bonds is 3. The van der Waals surface area contributed by atoms with Crippen LogP contribution < -0.4 is 0 Å². The predicted octanol–water partition coefficient (Wildman–Crippen LogP) is 3.62. The van der Waals surface area contributed by atoms with Crippen molar-refractivity contribution in [3.63, 3.8) is 0 Å². The minimum absolute atomic E-state index is 0.296. The number of aromatic nitrogens is 1. The molecule has 0 amide bonds. The van der Waals surface area contributed by atoms with Gasteiger partial charge in [-0.1, -0.05) is 12.1 Å². The Labute approximate surface area is 137 Å². The molecule has 130 valence electrons. The highest BCUT2D eigenvalue weighted by Crippen LogP contribution is 2.36. The zero-order valence-corrected chi connectivity index (χ0v) is 13.5. The average Bonchev–Trinajstić information content (AvgIpc) is 3.01. The monoisotopic (exact) mass is 340 g/mol. The molecule has 7 heteroatoms. The van der Waals surface area contributed by atoms with Gasteiger partial charge in [0.05, 0.1) is 23.9 Å². The summed E-state index contributed by atoms with van der Waals surface area (Å²) in [5, 5.41) is 9.98. The first-order valence-electron chi connectivity index (χ1n) is 7.76. The lowest BCUT2D eigenvalue weighted by Gasteiger charge is -2.23. The Kier molecular flexibility index (Phi) is 4.40. The topological polar surface area (TPSA) is 49.5 Å². The van der Waals surface area contributed by atoms with Gasteiger partial charge in [0, 0.05) is 12.6 Å². The number of alkyl halides is 3. The highest BCUT2D eigenvalue weighted by atomic mass is 19.4. The molecule has 0 radical (unpaired) electrons. The van der Waals surface area contributed by atoms with E-state index in [-0.39, 0.29) is 6.04 Å². The quantitative estimate of drug-likeness (QED) is 0.927. The highest BCUT2D eigenvalue weighted by Gasteiger charge is 2.35. The number of halogens is 3. The summed E-state index contributed by atoms with van der Waals surface area (Å²) in [5.74, 6) is 1.23. The van der Waals surface area contributed by atoms with Crippen LogP contribution in [0.3, 0.4) is 0 Å². The maximum Gasteiger partial charge on any atom is 0.416 e. The Bertz CT molecular complexity index is 707. The van der Waals surface area contributed by atoms with Crippen molar-refractivity contribution in [3.8, 4) is 0 Å². The van der Waals surface area contributed by atoms with Crippen molar-refractivity contribution in [3.05, 3.63) is 52.7 Å². The molecule has 2 heterocycles. The van der Waals surface area contributed by atoms with E-state index in [1.54, 1.807) is 6.07 Å². The summed E-state index contributed by atoms with van der Waals surface area (Å²) in [6.45, 7) is 4.38. The molecule has 1 saturated heterocycles. The predicted molar refractivity (Wildman–Crippen MR) is 81.2 cm³/mol. The molecule has 4 nitrogen and oxygen atoms in total. The van der Waals surface area contributed by atoms with Crippen molar-refractivity contribution < 1.29 is 22.7 Å². The van der Waals surface area contributed by atoms with Crippen LogP contribution >= 0.6 is 0 Å². The van der Waals surface area contributed by atoms with Crippen LogP contribution in [0, 0.1) is 13.8 Å². The summed E-state index contributed by atoms with van der Waals surface area (Å²) in [7, 11) is 0. The van der Waals surface area contributed by atoms with E-state index in [2.05, 4.69) is 4.98 Å². The van der Waals surface area contributed by atoms with E-state index in [1.165, 1.54) is 6.07 Å². The van der Waals surface area contributed by atoms with Crippen molar-refractivity contribution in [2.75, 3.05) is 6.54 Å². The minimum atomic E-state index is -4.38. The molecule has 0 aliphatic carbocycles. The van der Waals surface area contributed by atoms with E-state index in [1.807, 2.05) is 18.7 Å². The zero-order chi connectivity index (χ0) is 17.5. The largest absolute Gasteiger partial charge is 0.444 e. The molecule has 1 aromatic carbocycles. The summed E-state index contributed by atoms with van der Waals surface area (Å²) >= 11 is 0. The lowest BCUT2D eigenvalue weighted by Crippen LogP contribution is -2.24. The third kappa shape index (κ3) is 3.47. The van der Waals surface area contributed by atoms with Gasteiger partial charge in [0.2, 0.25) is 5.89 Å². The van der Waals surface area contributed by atoms with E-state index >= 15 is 0 Å². The van der Waals surface area contributed by atoms with Crippen molar-refractivity contribution >= 4 is 0 Å². The van der Waals surface area contributed by atoms with E-state index in [0.29, 0.717) is 31.0 Å². The first-order chi connectivity index (χ1) is 11.2. The summed E-state index contributed by atoms with van der Waals surface area (Å²) in [4.78, 5) is 6.22. The van der Waals surface area contributed by atoms with Gasteiger partial charge >= 0.3 is 6.18 Å². The Balaban J connectivity index is 1.85. The molecule has 0 spiro atoms. The molecule has 1 aliphatic rings. The van der Waals surface area contributed by atoms with Gasteiger partial charge in [-0.05, 0) is 38.0 Å². The smallest absolute Gasteiger partial charge is 0.416 e. The normalized spacial score (nSPS) is 22.2. The van der Waals surface area contributed by atoms with Crippen LogP contribution in [0.25, 0.3) is 0 Å². The van der Waals surface area contributed by atoms with Crippen molar-refractivity contribution in [2.24, 2.45) is 0 Å². The zero-order valence-electron chi connectivity index (χ0n) is 13.5. The molecule has 2 atom stereocenters. The molecule has 0 saturated carbocycles. The van der Waals surface area contributed by atoms with Gasteiger partial charge in [0.1, 0.15) is 5.76 Å². The lowest BCUT2D eigenvalue weighted by atomic mass is 10.0. The van der Waals surface area contributed by atoms with Gasteiger partial charge in [0.25, 0.3) is 0 Å². The molecule has 0 unspecified atom stereocenters. The summed E-state index contributed by atoms with van der Waals surface area (Å²) in [6, 6.07) is 4.98. The molecule has 1 aromatic heterocycles. The van der Waals surface area contributed by atoms with E-state index in [4.69, 9.17) is 4.42 Å². The first-order valence-corrected chi connectivity index (χ1v) is 7.76. The third-order valence-electron chi connectivity index (χ3n) is 4.39. The second-order valence-corrected chi connectivity index (χ2v) is 6.21. The van der Waals surface area contributed by atoms with Crippen LogP contribution in [0.1, 0.15) is 40.9 Å². The molecule has 1 aliphatic heterocycles. The van der Waals surface area contributed by atoms with Crippen LogP contribution in [-0.4, -0.2) is 27.6 Å². The third-order valence-corrected chi connectivity index (χ3v) is 4.39. The number of likely N-dealkylation sites (tertiary alicyclic amines) is 1. The number of aryl methyl sites for hydroxylation is 2. The summed E-state index contributed by atoms with van der Waals surface area (Å²) in [5.41, 5.74) is 0.658. The summed E-state index contributed by atoms with van der Waals surface area (Å²) in [6.07, 6.45) is -4.57. The average molecular weight is 340 g/mol. The number of nitrogens with zero attached hydrogens (tertiary/aromatic N) is 2. The number of hydrogen-bond donors (Lipinski definition) is 1. The number of aliphatic hydroxyl groups is 1. The number of oxazole rings is 1. The van der Waals surface area contributed by atoms with Crippen molar-refractivity contribution in [2.45, 2.75) is 45.1 Å². The molecule has 24 heavy (non-hydrogen) atoms. The molecule has 1 N–H and O–H groups in total. The van der Waals surface area contributed by atoms with E-state index < -0.39 is 17.8 Å². The first kappa shape index (κ1) is 17.0. The van der Waals surface area contributed by atoms with Crippen molar-refractivity contribution in [1.82, 2.24) is 9.88 Å². The van der Waals surface area contributed by atoms with Crippen LogP contribution in [0.15, 0.2) is 28.7 Å². The number of hydrogen-bond acceptors (Lipinski definition) is 4. The molecule has 3 rings (SSSR count). The Hall–Kier alpha value is -1.86. The molecule has 1 fully saturated rings. The van der Waals surface area contributed by atoms with Gasteiger partial charge in [0.15, 0.2) is 0 Å². The summed E-state index contributed by atoms with van der Waals surface area (Å²) < 4.78 is 44.4. The Morgan fingerprint density at radius 2 is 2.08 bits per heavy atom. The highest BCUT2D eigenvalue weighted by molar-refractivity contribution is 5.29. The van der Waals surface area contributed by atoms with Crippen molar-refractivity contribution in [1.29, 1.82) is 0 Å². The van der Waals surface area contributed by atoms with Gasteiger partial charge in [-0.2, -0.15) is 13.2 Å². The fourth-order valence-electron chi connectivity index (χ4n) is 3.10. The van der Waals surface area contributed by atoms with Crippen LogP contribution in [-0.2, 0) is 12.7 Å². The van der Waals surface area contributed by atoms with Crippen LogP contribution in [0.4, 0.5) is 13.2 Å².